The summed E-state index contributed by atoms with van der Waals surface area (Å²) >= 11 is 0. The first-order valence-electron chi connectivity index (χ1n) is 7.81. The molecule has 0 bridgehead atoms. The smallest absolute Gasteiger partial charge is 0.198 e. The van der Waals surface area contributed by atoms with Crippen LogP contribution in [0.15, 0.2) is 47.5 Å². The van der Waals surface area contributed by atoms with Crippen LogP contribution in [0, 0.1) is 6.92 Å². The summed E-state index contributed by atoms with van der Waals surface area (Å²) in [5.41, 5.74) is 4.94. The molecule has 2 N–H and O–H groups in total. The van der Waals surface area contributed by atoms with E-state index in [9.17, 15) is 5.11 Å². The van der Waals surface area contributed by atoms with Crippen LogP contribution in [-0.2, 0) is 5.41 Å². The van der Waals surface area contributed by atoms with Gasteiger partial charge in [0.2, 0.25) is 0 Å². The predicted molar refractivity (Wildman–Crippen MR) is 97.1 cm³/mol. The number of aliphatic imine (C=N–C) groups is 1. The van der Waals surface area contributed by atoms with Gasteiger partial charge in [0, 0.05) is 17.1 Å². The van der Waals surface area contributed by atoms with Crippen molar-refractivity contribution in [1.29, 1.82) is 0 Å². The highest BCUT2D eigenvalue weighted by Gasteiger charge is 2.17. The van der Waals surface area contributed by atoms with E-state index in [1.807, 2.05) is 43.3 Å². The SMILES string of the molecule is Cc1ccc2c(C=Nc3ccccc3C(C)(C)C)c(O)[nH]c2c1. The van der Waals surface area contributed by atoms with Gasteiger partial charge in [-0.3, -0.25) is 4.99 Å². The van der Waals surface area contributed by atoms with Gasteiger partial charge >= 0.3 is 0 Å². The normalized spacial score (nSPS) is 12.3. The third-order valence-electron chi connectivity index (χ3n) is 4.02. The van der Waals surface area contributed by atoms with Gasteiger partial charge in [-0.2, -0.15) is 0 Å². The highest BCUT2D eigenvalue weighted by Crippen LogP contribution is 2.32. The molecule has 0 saturated carbocycles. The highest BCUT2D eigenvalue weighted by atomic mass is 16.3. The van der Waals surface area contributed by atoms with Gasteiger partial charge in [-0.05, 0) is 35.6 Å². The lowest BCUT2D eigenvalue weighted by atomic mass is 9.86. The zero-order valence-electron chi connectivity index (χ0n) is 14.0. The summed E-state index contributed by atoms with van der Waals surface area (Å²) in [5.74, 6) is 0.155. The first kappa shape index (κ1) is 15.3. The fraction of sp³-hybridized carbons (Fsp3) is 0.250. The lowest BCUT2D eigenvalue weighted by molar-refractivity contribution is 0.457. The average Bonchev–Trinajstić information content (AvgIpc) is 2.79. The number of hydrogen-bond acceptors (Lipinski definition) is 2. The van der Waals surface area contributed by atoms with Gasteiger partial charge in [0.05, 0.1) is 11.3 Å². The van der Waals surface area contributed by atoms with Gasteiger partial charge in [0.25, 0.3) is 0 Å². The van der Waals surface area contributed by atoms with E-state index in [0.29, 0.717) is 0 Å². The van der Waals surface area contributed by atoms with Crippen molar-refractivity contribution in [2.45, 2.75) is 33.1 Å². The molecule has 3 rings (SSSR count). The molecule has 0 spiro atoms. The van der Waals surface area contributed by atoms with Gasteiger partial charge in [-0.25, -0.2) is 0 Å². The molecule has 0 atom stereocenters. The molecule has 1 heterocycles. The largest absolute Gasteiger partial charge is 0.494 e. The summed E-state index contributed by atoms with van der Waals surface area (Å²) in [5, 5.41) is 11.2. The molecule has 1 aromatic heterocycles. The Balaban J connectivity index is 2.07. The second-order valence-electron chi connectivity index (χ2n) is 6.96. The van der Waals surface area contributed by atoms with E-state index >= 15 is 0 Å². The van der Waals surface area contributed by atoms with E-state index < -0.39 is 0 Å². The van der Waals surface area contributed by atoms with Gasteiger partial charge in [-0.1, -0.05) is 51.1 Å². The number of para-hydroxylation sites is 1. The van der Waals surface area contributed by atoms with Crippen molar-refractivity contribution in [3.05, 3.63) is 59.2 Å². The number of hydrogen-bond donors (Lipinski definition) is 2. The first-order valence-corrected chi connectivity index (χ1v) is 7.81. The molecular formula is C20H22N2O. The Morgan fingerprint density at radius 3 is 2.57 bits per heavy atom. The van der Waals surface area contributed by atoms with E-state index in [-0.39, 0.29) is 11.3 Å². The maximum absolute atomic E-state index is 10.2. The first-order chi connectivity index (χ1) is 10.9. The van der Waals surface area contributed by atoms with Crippen molar-refractivity contribution in [3.8, 4) is 5.88 Å². The number of nitrogens with one attached hydrogen (secondary N) is 1. The number of aromatic amines is 1. The Morgan fingerprint density at radius 1 is 1.09 bits per heavy atom. The van der Waals surface area contributed by atoms with Gasteiger partial charge in [0.15, 0.2) is 5.88 Å². The van der Waals surface area contributed by atoms with E-state index in [4.69, 9.17) is 0 Å². The molecule has 0 radical (unpaired) electrons. The average molecular weight is 306 g/mol. The Kier molecular flexibility index (Phi) is 3.72. The summed E-state index contributed by atoms with van der Waals surface area (Å²) < 4.78 is 0. The zero-order chi connectivity index (χ0) is 16.6. The van der Waals surface area contributed by atoms with Gasteiger partial charge in [-0.15, -0.1) is 0 Å². The quantitative estimate of drug-likeness (QED) is 0.626. The Hall–Kier alpha value is -2.55. The van der Waals surface area contributed by atoms with Crippen molar-refractivity contribution in [2.75, 3.05) is 0 Å². The van der Waals surface area contributed by atoms with Crippen LogP contribution in [0.1, 0.15) is 37.5 Å². The number of nitrogens with zero attached hydrogens (tertiary/aromatic N) is 1. The molecule has 0 unspecified atom stereocenters. The second kappa shape index (κ2) is 5.58. The van der Waals surface area contributed by atoms with Crippen molar-refractivity contribution in [2.24, 2.45) is 4.99 Å². The van der Waals surface area contributed by atoms with Crippen LogP contribution in [0.3, 0.4) is 0 Å². The van der Waals surface area contributed by atoms with E-state index in [0.717, 1.165) is 27.7 Å². The minimum absolute atomic E-state index is 0.0211. The van der Waals surface area contributed by atoms with Crippen molar-refractivity contribution < 1.29 is 5.11 Å². The number of fused-ring (bicyclic) bond motifs is 1. The van der Waals surface area contributed by atoms with Crippen molar-refractivity contribution in [3.63, 3.8) is 0 Å². The molecular weight excluding hydrogens is 284 g/mol. The number of aromatic hydroxyl groups is 1. The standard InChI is InChI=1S/C20H22N2O/c1-13-9-10-14-15(19(23)22-18(14)11-13)12-21-17-8-6-5-7-16(17)20(2,3)4/h5-12,22-23H,1-4H3. The fourth-order valence-corrected chi connectivity index (χ4v) is 2.80. The van der Waals surface area contributed by atoms with Crippen molar-refractivity contribution >= 4 is 22.8 Å². The van der Waals surface area contributed by atoms with Crippen LogP contribution in [0.4, 0.5) is 5.69 Å². The Morgan fingerprint density at radius 2 is 1.83 bits per heavy atom. The molecule has 0 fully saturated rings. The summed E-state index contributed by atoms with van der Waals surface area (Å²) in [6.45, 7) is 8.55. The monoisotopic (exact) mass is 306 g/mol. The van der Waals surface area contributed by atoms with Crippen LogP contribution < -0.4 is 0 Å². The minimum atomic E-state index is 0.0211. The number of aromatic nitrogens is 1. The third kappa shape index (κ3) is 3.00. The number of benzene rings is 2. The van der Waals surface area contributed by atoms with E-state index in [1.165, 1.54) is 5.56 Å². The van der Waals surface area contributed by atoms with Crippen LogP contribution >= 0.6 is 0 Å². The van der Waals surface area contributed by atoms with Gasteiger partial charge in [0.1, 0.15) is 0 Å². The van der Waals surface area contributed by atoms with Crippen LogP contribution in [0.2, 0.25) is 0 Å². The molecule has 118 valence electrons. The molecule has 2 aromatic carbocycles. The van der Waals surface area contributed by atoms with E-state index in [1.54, 1.807) is 6.21 Å². The molecule has 0 aliphatic rings. The Labute approximate surface area is 136 Å². The molecule has 0 aliphatic carbocycles. The lowest BCUT2D eigenvalue weighted by Gasteiger charge is -2.20. The fourth-order valence-electron chi connectivity index (χ4n) is 2.80. The summed E-state index contributed by atoms with van der Waals surface area (Å²) in [7, 11) is 0. The maximum atomic E-state index is 10.2. The Bertz CT molecular complexity index is 882. The number of aryl methyl sites for hydroxylation is 1. The van der Waals surface area contributed by atoms with Crippen molar-refractivity contribution in [1.82, 2.24) is 4.98 Å². The van der Waals surface area contributed by atoms with Gasteiger partial charge < -0.3 is 10.1 Å². The molecule has 0 amide bonds. The molecule has 3 aromatic rings. The molecule has 3 nitrogen and oxygen atoms in total. The summed E-state index contributed by atoms with van der Waals surface area (Å²) in [6, 6.07) is 14.2. The minimum Gasteiger partial charge on any atom is -0.494 e. The predicted octanol–water partition coefficient (Wildman–Crippen LogP) is 5.23. The zero-order valence-corrected chi connectivity index (χ0v) is 14.0. The van der Waals surface area contributed by atoms with Crippen LogP contribution in [0.25, 0.3) is 10.9 Å². The maximum Gasteiger partial charge on any atom is 0.198 e. The molecule has 0 aliphatic heterocycles. The molecule has 0 saturated heterocycles. The second-order valence-corrected chi connectivity index (χ2v) is 6.96. The lowest BCUT2D eigenvalue weighted by Crippen LogP contribution is -2.11. The topological polar surface area (TPSA) is 48.4 Å². The summed E-state index contributed by atoms with van der Waals surface area (Å²) in [6.07, 6.45) is 1.74. The number of H-pyrrole nitrogens is 1. The molecule has 3 heteroatoms. The van der Waals surface area contributed by atoms with Crippen LogP contribution in [-0.4, -0.2) is 16.3 Å². The summed E-state index contributed by atoms with van der Waals surface area (Å²) in [4.78, 5) is 7.66. The highest BCUT2D eigenvalue weighted by molar-refractivity contribution is 6.02. The van der Waals surface area contributed by atoms with Crippen LogP contribution in [0.5, 0.6) is 5.88 Å². The molecule has 23 heavy (non-hydrogen) atoms. The van der Waals surface area contributed by atoms with E-state index in [2.05, 4.69) is 36.8 Å². The number of rotatable bonds is 2. The third-order valence-corrected chi connectivity index (χ3v) is 4.02.